The van der Waals surface area contributed by atoms with E-state index in [1.54, 1.807) is 0 Å². The molecular formula is C18H24F3N3O6. The van der Waals surface area contributed by atoms with Crippen molar-refractivity contribution in [2.45, 2.75) is 62.3 Å². The van der Waals surface area contributed by atoms with Crippen molar-refractivity contribution in [2.75, 3.05) is 18.5 Å². The van der Waals surface area contributed by atoms with Crippen molar-refractivity contribution in [2.24, 2.45) is 5.92 Å². The first-order valence-corrected chi connectivity index (χ1v) is 9.62. The molecule has 1 saturated carbocycles. The molecule has 1 aromatic heterocycles. The first kappa shape index (κ1) is 22.7. The standard InChI is InChI=1S/C18H24F3N3O6/c19-18(20,21)12-5-22-6-13(23-12)24-15-16(28)11(25)7-30-17(15)9-1-3-10(4-2-9)29-8-14(26)27/h5-6,9-11,15-17,25,28H,1-4,7-8H2,(H,23,24)(H,26,27)/t9?,10?,11-,15+,16-,17?/m0/s1. The predicted octanol–water partition coefficient (Wildman–Crippen LogP) is 1.06. The van der Waals surface area contributed by atoms with Crippen molar-refractivity contribution in [1.29, 1.82) is 0 Å². The van der Waals surface area contributed by atoms with E-state index in [4.69, 9.17) is 14.6 Å². The number of rotatable bonds is 6. The second-order valence-electron chi connectivity index (χ2n) is 7.55. The van der Waals surface area contributed by atoms with E-state index in [9.17, 15) is 28.2 Å². The minimum Gasteiger partial charge on any atom is -0.480 e. The summed E-state index contributed by atoms with van der Waals surface area (Å²) < 4.78 is 49.8. The molecule has 0 radical (unpaired) electrons. The van der Waals surface area contributed by atoms with Crippen LogP contribution in [0.2, 0.25) is 0 Å². The Morgan fingerprint density at radius 3 is 2.57 bits per heavy atom. The largest absolute Gasteiger partial charge is 0.480 e. The lowest BCUT2D eigenvalue weighted by molar-refractivity contribution is -0.153. The smallest absolute Gasteiger partial charge is 0.434 e. The summed E-state index contributed by atoms with van der Waals surface area (Å²) in [6.07, 6.45) is -3.81. The first-order valence-electron chi connectivity index (χ1n) is 9.62. The highest BCUT2D eigenvalue weighted by molar-refractivity contribution is 5.68. The molecule has 0 bridgehead atoms. The molecule has 1 aromatic rings. The summed E-state index contributed by atoms with van der Waals surface area (Å²) in [7, 11) is 0. The molecule has 3 rings (SSSR count). The molecule has 168 valence electrons. The summed E-state index contributed by atoms with van der Waals surface area (Å²) in [4.78, 5) is 17.7. The third-order valence-corrected chi connectivity index (χ3v) is 5.44. The molecule has 1 aliphatic carbocycles. The van der Waals surface area contributed by atoms with Crippen molar-refractivity contribution in [1.82, 2.24) is 9.97 Å². The Balaban J connectivity index is 1.69. The van der Waals surface area contributed by atoms with Gasteiger partial charge < -0.3 is 30.1 Å². The number of carboxylic acid groups (broad SMARTS) is 1. The molecular weight excluding hydrogens is 411 g/mol. The number of halogens is 3. The second kappa shape index (κ2) is 9.41. The normalized spacial score (nSPS) is 32.6. The fraction of sp³-hybridized carbons (Fsp3) is 0.722. The average molecular weight is 435 g/mol. The Morgan fingerprint density at radius 2 is 1.93 bits per heavy atom. The van der Waals surface area contributed by atoms with Crippen LogP contribution >= 0.6 is 0 Å². The highest BCUT2D eigenvalue weighted by Gasteiger charge is 2.44. The van der Waals surface area contributed by atoms with Gasteiger partial charge in [-0.2, -0.15) is 13.2 Å². The molecule has 1 saturated heterocycles. The van der Waals surface area contributed by atoms with Gasteiger partial charge in [-0.15, -0.1) is 0 Å². The van der Waals surface area contributed by atoms with Gasteiger partial charge in [0.25, 0.3) is 0 Å². The van der Waals surface area contributed by atoms with E-state index < -0.39 is 42.2 Å². The number of nitrogens with zero attached hydrogens (tertiary/aromatic N) is 2. The SMILES string of the molecule is O=C(O)COC1CCC(C2OC[C@H](O)[C@H](O)[C@H]2Nc2cncc(C(F)(F)F)n2)CC1. The van der Waals surface area contributed by atoms with Gasteiger partial charge in [-0.25, -0.2) is 9.78 Å². The van der Waals surface area contributed by atoms with Crippen LogP contribution in [0.5, 0.6) is 0 Å². The Morgan fingerprint density at radius 1 is 1.23 bits per heavy atom. The minimum atomic E-state index is -4.67. The van der Waals surface area contributed by atoms with Crippen LogP contribution in [0.4, 0.5) is 19.0 Å². The molecule has 1 unspecified atom stereocenters. The zero-order chi connectivity index (χ0) is 21.9. The van der Waals surface area contributed by atoms with Crippen LogP contribution in [-0.4, -0.2) is 74.9 Å². The van der Waals surface area contributed by atoms with Crippen LogP contribution in [-0.2, 0) is 20.4 Å². The molecule has 12 heteroatoms. The first-order chi connectivity index (χ1) is 14.1. The van der Waals surface area contributed by atoms with Crippen LogP contribution in [0.1, 0.15) is 31.4 Å². The molecule has 2 fully saturated rings. The predicted molar refractivity (Wildman–Crippen MR) is 95.5 cm³/mol. The molecule has 4 atom stereocenters. The monoisotopic (exact) mass is 435 g/mol. The maximum absolute atomic E-state index is 12.9. The van der Waals surface area contributed by atoms with E-state index in [2.05, 4.69) is 15.3 Å². The lowest BCUT2D eigenvalue weighted by Gasteiger charge is -2.44. The van der Waals surface area contributed by atoms with Gasteiger partial charge in [0, 0.05) is 0 Å². The van der Waals surface area contributed by atoms with Gasteiger partial charge in [0.2, 0.25) is 0 Å². The third-order valence-electron chi connectivity index (χ3n) is 5.44. The fourth-order valence-electron chi connectivity index (χ4n) is 3.96. The van der Waals surface area contributed by atoms with Gasteiger partial charge in [0.05, 0.1) is 37.3 Å². The van der Waals surface area contributed by atoms with E-state index in [1.165, 1.54) is 0 Å². The van der Waals surface area contributed by atoms with Crippen LogP contribution < -0.4 is 5.32 Å². The molecule has 4 N–H and O–H groups in total. The molecule has 0 aromatic carbocycles. The van der Waals surface area contributed by atoms with Crippen molar-refractivity contribution < 1.29 is 42.8 Å². The number of hydrogen-bond donors (Lipinski definition) is 4. The van der Waals surface area contributed by atoms with Gasteiger partial charge in [0.1, 0.15) is 24.6 Å². The zero-order valence-electron chi connectivity index (χ0n) is 16.0. The van der Waals surface area contributed by atoms with E-state index in [0.717, 1.165) is 6.20 Å². The summed E-state index contributed by atoms with van der Waals surface area (Å²) in [5.74, 6) is -1.29. The summed E-state index contributed by atoms with van der Waals surface area (Å²) in [6, 6.07) is -0.895. The average Bonchev–Trinajstić information content (AvgIpc) is 2.70. The highest BCUT2D eigenvalue weighted by atomic mass is 19.4. The number of alkyl halides is 3. The van der Waals surface area contributed by atoms with Crippen LogP contribution in [0.25, 0.3) is 0 Å². The van der Waals surface area contributed by atoms with Gasteiger partial charge in [-0.3, -0.25) is 4.98 Å². The summed E-state index contributed by atoms with van der Waals surface area (Å²) in [6.45, 7) is -0.480. The van der Waals surface area contributed by atoms with Gasteiger partial charge in [0.15, 0.2) is 5.69 Å². The number of carboxylic acids is 1. The quantitative estimate of drug-likeness (QED) is 0.517. The number of aromatic nitrogens is 2. The lowest BCUT2D eigenvalue weighted by atomic mass is 9.78. The van der Waals surface area contributed by atoms with E-state index in [1.807, 2.05) is 0 Å². The Kier molecular flexibility index (Phi) is 7.11. The Hall–Kier alpha value is -2.02. The fourth-order valence-corrected chi connectivity index (χ4v) is 3.96. The molecule has 0 amide bonds. The molecule has 2 aliphatic rings. The lowest BCUT2D eigenvalue weighted by Crippen LogP contribution is -2.59. The number of anilines is 1. The Bertz CT molecular complexity index is 729. The number of nitrogens with one attached hydrogen (secondary N) is 1. The maximum Gasteiger partial charge on any atom is 0.434 e. The summed E-state index contributed by atoms with van der Waals surface area (Å²) in [5, 5.41) is 31.9. The van der Waals surface area contributed by atoms with Gasteiger partial charge in [-0.1, -0.05) is 0 Å². The number of aliphatic hydroxyl groups is 2. The molecule has 30 heavy (non-hydrogen) atoms. The number of aliphatic carboxylic acids is 1. The summed E-state index contributed by atoms with van der Waals surface area (Å²) >= 11 is 0. The molecule has 9 nitrogen and oxygen atoms in total. The van der Waals surface area contributed by atoms with Gasteiger partial charge >= 0.3 is 12.1 Å². The van der Waals surface area contributed by atoms with Crippen LogP contribution in [0, 0.1) is 5.92 Å². The minimum absolute atomic E-state index is 0.0620. The number of carbonyl (C=O) groups is 1. The third kappa shape index (κ3) is 5.56. The molecule has 2 heterocycles. The molecule has 1 aliphatic heterocycles. The van der Waals surface area contributed by atoms with E-state index in [0.29, 0.717) is 31.9 Å². The topological polar surface area (TPSA) is 134 Å². The number of hydrogen-bond acceptors (Lipinski definition) is 8. The van der Waals surface area contributed by atoms with Crippen LogP contribution in [0.15, 0.2) is 12.4 Å². The number of ether oxygens (including phenoxy) is 2. The van der Waals surface area contributed by atoms with Crippen LogP contribution in [0.3, 0.4) is 0 Å². The van der Waals surface area contributed by atoms with Crippen molar-refractivity contribution >= 4 is 11.8 Å². The van der Waals surface area contributed by atoms with Gasteiger partial charge in [-0.05, 0) is 31.6 Å². The van der Waals surface area contributed by atoms with Crippen molar-refractivity contribution in [3.8, 4) is 0 Å². The van der Waals surface area contributed by atoms with Crippen molar-refractivity contribution in [3.05, 3.63) is 18.1 Å². The Labute approximate surface area is 170 Å². The highest BCUT2D eigenvalue weighted by Crippen LogP contribution is 2.35. The van der Waals surface area contributed by atoms with Crippen molar-refractivity contribution in [3.63, 3.8) is 0 Å². The second-order valence-corrected chi connectivity index (χ2v) is 7.55. The zero-order valence-corrected chi connectivity index (χ0v) is 16.0. The summed E-state index contributed by atoms with van der Waals surface area (Å²) in [5.41, 5.74) is -1.17. The van der Waals surface area contributed by atoms with E-state index >= 15 is 0 Å². The van der Waals surface area contributed by atoms with E-state index in [-0.39, 0.29) is 31.1 Å². The maximum atomic E-state index is 12.9. The number of aliphatic hydroxyl groups excluding tert-OH is 2. The molecule has 0 spiro atoms.